The van der Waals surface area contributed by atoms with Gasteiger partial charge >= 0.3 is 0 Å². The number of rotatable bonds is 0. The van der Waals surface area contributed by atoms with Crippen LogP contribution >= 0.6 is 11.6 Å². The molecule has 0 spiro atoms. The molecular formula is C6H3ClF2N. The average molecular weight is 163 g/mol. The summed E-state index contributed by atoms with van der Waals surface area (Å²) in [4.78, 5) is 0. The number of anilines is 1. The number of benzene rings is 1. The second-order valence-electron chi connectivity index (χ2n) is 1.70. The van der Waals surface area contributed by atoms with Crippen molar-refractivity contribution in [2.75, 3.05) is 5.73 Å². The molecule has 1 nitrogen and oxygen atoms in total. The normalized spacial score (nSPS) is 9.90. The zero-order chi connectivity index (χ0) is 7.72. The van der Waals surface area contributed by atoms with Crippen LogP contribution in [0.4, 0.5) is 14.5 Å². The van der Waals surface area contributed by atoms with Crippen LogP contribution in [0.15, 0.2) is 6.07 Å². The largest absolute Gasteiger partial charge is 0.397 e. The lowest BCUT2D eigenvalue weighted by atomic mass is 10.3. The molecule has 1 radical (unpaired) electrons. The molecule has 0 saturated heterocycles. The maximum atomic E-state index is 12.3. The molecule has 0 bridgehead atoms. The molecule has 0 fully saturated rings. The fourth-order valence-electron chi connectivity index (χ4n) is 0.522. The Morgan fingerprint density at radius 3 is 2.60 bits per heavy atom. The molecule has 0 aliphatic carbocycles. The van der Waals surface area contributed by atoms with Gasteiger partial charge in [0, 0.05) is 0 Å². The summed E-state index contributed by atoms with van der Waals surface area (Å²) in [7, 11) is 0. The Morgan fingerprint density at radius 2 is 2.10 bits per heavy atom. The van der Waals surface area contributed by atoms with Gasteiger partial charge in [0.05, 0.1) is 11.8 Å². The van der Waals surface area contributed by atoms with E-state index in [1.165, 1.54) is 0 Å². The van der Waals surface area contributed by atoms with Crippen molar-refractivity contribution in [2.24, 2.45) is 0 Å². The van der Waals surface area contributed by atoms with E-state index in [-0.39, 0.29) is 10.7 Å². The van der Waals surface area contributed by atoms with E-state index in [1.54, 1.807) is 6.07 Å². The van der Waals surface area contributed by atoms with Crippen LogP contribution in [-0.4, -0.2) is 0 Å². The fraction of sp³-hybridized carbons (Fsp3) is 0. The number of nitrogens with two attached hydrogens (primary N) is 1. The van der Waals surface area contributed by atoms with E-state index >= 15 is 0 Å². The molecule has 1 aromatic rings. The lowest BCUT2D eigenvalue weighted by Gasteiger charge is -1.96. The molecule has 0 aliphatic heterocycles. The monoisotopic (exact) mass is 162 g/mol. The minimum absolute atomic E-state index is 0.115. The molecule has 0 aromatic heterocycles. The Balaban J connectivity index is 3.31. The Hall–Kier alpha value is -0.830. The first-order valence-electron chi connectivity index (χ1n) is 2.43. The maximum Gasteiger partial charge on any atom is 0.154 e. The van der Waals surface area contributed by atoms with Gasteiger partial charge in [-0.1, -0.05) is 11.6 Å². The molecule has 1 aromatic carbocycles. The van der Waals surface area contributed by atoms with E-state index in [0.29, 0.717) is 0 Å². The highest BCUT2D eigenvalue weighted by Crippen LogP contribution is 2.22. The van der Waals surface area contributed by atoms with Crippen molar-refractivity contribution in [1.29, 1.82) is 0 Å². The van der Waals surface area contributed by atoms with Crippen molar-refractivity contribution in [3.05, 3.63) is 28.8 Å². The van der Waals surface area contributed by atoms with Gasteiger partial charge in [0.2, 0.25) is 0 Å². The summed E-state index contributed by atoms with van der Waals surface area (Å²) in [5.74, 6) is -1.81. The van der Waals surface area contributed by atoms with E-state index in [4.69, 9.17) is 17.3 Å². The van der Waals surface area contributed by atoms with Crippen molar-refractivity contribution in [1.82, 2.24) is 0 Å². The maximum absolute atomic E-state index is 12.3. The molecule has 0 heterocycles. The van der Waals surface area contributed by atoms with Crippen molar-refractivity contribution < 1.29 is 8.78 Å². The number of nitrogen functional groups attached to an aromatic ring is 1. The standard InChI is InChI=1S/C6H3ClF2N/c7-6-4(9)1-3(8)2-5(6)10/h2H,10H2. The summed E-state index contributed by atoms with van der Waals surface area (Å²) >= 11 is 5.25. The summed E-state index contributed by atoms with van der Waals surface area (Å²) in [5, 5.41) is -0.290. The quantitative estimate of drug-likeness (QED) is 0.458. The zero-order valence-corrected chi connectivity index (χ0v) is 5.54. The molecule has 0 atom stereocenters. The predicted octanol–water partition coefficient (Wildman–Crippen LogP) is 2.00. The van der Waals surface area contributed by atoms with Crippen molar-refractivity contribution in [2.45, 2.75) is 0 Å². The highest BCUT2D eigenvalue weighted by atomic mass is 35.5. The van der Waals surface area contributed by atoms with E-state index in [1.807, 2.05) is 0 Å². The fourth-order valence-corrected chi connectivity index (χ4v) is 0.624. The molecule has 10 heavy (non-hydrogen) atoms. The van der Waals surface area contributed by atoms with Gasteiger partial charge in [-0.05, 0) is 6.07 Å². The van der Waals surface area contributed by atoms with E-state index in [9.17, 15) is 8.78 Å². The van der Waals surface area contributed by atoms with Crippen LogP contribution in [0.25, 0.3) is 0 Å². The third-order valence-corrected chi connectivity index (χ3v) is 1.34. The summed E-state index contributed by atoms with van der Waals surface area (Å²) in [6.45, 7) is 0. The summed E-state index contributed by atoms with van der Waals surface area (Å²) < 4.78 is 24.5. The number of halogens is 3. The molecule has 53 valence electrons. The third kappa shape index (κ3) is 1.19. The number of hydrogen-bond acceptors (Lipinski definition) is 1. The summed E-state index contributed by atoms with van der Waals surface area (Å²) in [6.07, 6.45) is 0. The SMILES string of the molecule is Nc1cc(F)[c]c(F)c1Cl. The van der Waals surface area contributed by atoms with Gasteiger partial charge in [-0.15, -0.1) is 0 Å². The van der Waals surface area contributed by atoms with Crippen LogP contribution in [-0.2, 0) is 0 Å². The second-order valence-corrected chi connectivity index (χ2v) is 2.08. The molecule has 0 saturated carbocycles. The van der Waals surface area contributed by atoms with Gasteiger partial charge in [-0.25, -0.2) is 8.78 Å². The molecule has 0 amide bonds. The van der Waals surface area contributed by atoms with Gasteiger partial charge in [0.25, 0.3) is 0 Å². The first-order valence-corrected chi connectivity index (χ1v) is 2.81. The van der Waals surface area contributed by atoms with Gasteiger partial charge in [0.1, 0.15) is 10.8 Å². The minimum atomic E-state index is -0.959. The van der Waals surface area contributed by atoms with Crippen molar-refractivity contribution >= 4 is 17.3 Å². The Bertz CT molecular complexity index is 239. The lowest BCUT2D eigenvalue weighted by molar-refractivity contribution is 0.581. The van der Waals surface area contributed by atoms with E-state index in [2.05, 4.69) is 0 Å². The molecule has 2 N–H and O–H groups in total. The van der Waals surface area contributed by atoms with Crippen LogP contribution in [0, 0.1) is 17.7 Å². The van der Waals surface area contributed by atoms with E-state index < -0.39 is 11.6 Å². The highest BCUT2D eigenvalue weighted by Gasteiger charge is 2.05. The molecule has 0 unspecified atom stereocenters. The molecule has 0 aliphatic rings. The minimum Gasteiger partial charge on any atom is -0.397 e. The first kappa shape index (κ1) is 7.28. The second kappa shape index (κ2) is 2.42. The summed E-state index contributed by atoms with van der Waals surface area (Å²) in [5.41, 5.74) is 4.97. The first-order chi connectivity index (χ1) is 4.61. The molecule has 4 heteroatoms. The Kier molecular flexibility index (Phi) is 1.76. The van der Waals surface area contributed by atoms with Crippen LogP contribution < -0.4 is 5.73 Å². The van der Waals surface area contributed by atoms with Crippen LogP contribution in [0.5, 0.6) is 0 Å². The van der Waals surface area contributed by atoms with Crippen LogP contribution in [0.3, 0.4) is 0 Å². The van der Waals surface area contributed by atoms with Crippen molar-refractivity contribution in [3.8, 4) is 0 Å². The van der Waals surface area contributed by atoms with Gasteiger partial charge < -0.3 is 5.73 Å². The van der Waals surface area contributed by atoms with Gasteiger partial charge in [0.15, 0.2) is 5.82 Å². The zero-order valence-electron chi connectivity index (χ0n) is 4.79. The lowest BCUT2D eigenvalue weighted by Crippen LogP contribution is -1.91. The average Bonchev–Trinajstić information content (AvgIpc) is 1.82. The number of hydrogen-bond donors (Lipinski definition) is 1. The van der Waals surface area contributed by atoms with E-state index in [0.717, 1.165) is 6.07 Å². The topological polar surface area (TPSA) is 26.0 Å². The van der Waals surface area contributed by atoms with Gasteiger partial charge in [-0.3, -0.25) is 0 Å². The van der Waals surface area contributed by atoms with Crippen LogP contribution in [0.2, 0.25) is 5.02 Å². The Morgan fingerprint density at radius 1 is 1.50 bits per heavy atom. The smallest absolute Gasteiger partial charge is 0.154 e. The molecular weight excluding hydrogens is 160 g/mol. The van der Waals surface area contributed by atoms with Crippen LogP contribution in [0.1, 0.15) is 0 Å². The third-order valence-electron chi connectivity index (χ3n) is 0.958. The highest BCUT2D eigenvalue weighted by molar-refractivity contribution is 6.33. The molecule has 1 rings (SSSR count). The predicted molar refractivity (Wildman–Crippen MR) is 34.6 cm³/mol. The summed E-state index contributed by atoms with van der Waals surface area (Å²) in [6, 6.07) is 2.64. The Labute approximate surface area is 61.4 Å². The van der Waals surface area contributed by atoms with Crippen molar-refractivity contribution in [3.63, 3.8) is 0 Å². The van der Waals surface area contributed by atoms with Gasteiger partial charge in [-0.2, -0.15) is 0 Å².